The second-order valence-corrected chi connectivity index (χ2v) is 2.82. The number of hydrogen-bond acceptors (Lipinski definition) is 1. The molecule has 0 N–H and O–H groups in total. The Hall–Kier alpha value is -1.19. The Morgan fingerprint density at radius 2 is 1.60 bits per heavy atom. The third-order valence-corrected chi connectivity index (χ3v) is 1.57. The average molecular weight is 220 g/mol. The van der Waals surface area contributed by atoms with Crippen LogP contribution in [-0.2, 0) is 0 Å². The van der Waals surface area contributed by atoms with Crippen molar-refractivity contribution in [2.45, 2.75) is 34.1 Å². The standard InChI is InChI=1S/C9H9F3O.C2H6/c1-6-3-4-7(2)8(5-6)13-9(10,11)12;1-2/h3-5H,1-2H3;1-2H3. The zero-order chi connectivity index (χ0) is 12.1. The van der Waals surface area contributed by atoms with Gasteiger partial charge in [0.1, 0.15) is 5.75 Å². The zero-order valence-corrected chi connectivity index (χ0v) is 9.27. The van der Waals surface area contributed by atoms with Crippen molar-refractivity contribution in [3.8, 4) is 5.75 Å². The first kappa shape index (κ1) is 13.8. The van der Waals surface area contributed by atoms with Gasteiger partial charge in [0.2, 0.25) is 0 Å². The van der Waals surface area contributed by atoms with E-state index in [1.165, 1.54) is 6.07 Å². The predicted molar refractivity (Wildman–Crippen MR) is 53.9 cm³/mol. The highest BCUT2D eigenvalue weighted by Crippen LogP contribution is 2.26. The molecular weight excluding hydrogens is 205 g/mol. The first-order chi connectivity index (χ1) is 6.88. The summed E-state index contributed by atoms with van der Waals surface area (Å²) in [6.07, 6.45) is -4.61. The lowest BCUT2D eigenvalue weighted by molar-refractivity contribution is -0.274. The molecule has 0 amide bonds. The number of alkyl halides is 3. The minimum atomic E-state index is -4.61. The van der Waals surface area contributed by atoms with E-state index in [-0.39, 0.29) is 5.75 Å². The lowest BCUT2D eigenvalue weighted by Gasteiger charge is -2.11. The van der Waals surface area contributed by atoms with Gasteiger partial charge in [-0.2, -0.15) is 0 Å². The van der Waals surface area contributed by atoms with Crippen molar-refractivity contribution in [1.29, 1.82) is 0 Å². The van der Waals surface area contributed by atoms with Crippen molar-refractivity contribution in [2.24, 2.45) is 0 Å². The van der Waals surface area contributed by atoms with Crippen molar-refractivity contribution in [3.63, 3.8) is 0 Å². The molecule has 1 nitrogen and oxygen atoms in total. The number of benzene rings is 1. The van der Waals surface area contributed by atoms with E-state index in [9.17, 15) is 13.2 Å². The minimum Gasteiger partial charge on any atom is -0.406 e. The fourth-order valence-corrected chi connectivity index (χ4v) is 0.942. The highest BCUT2D eigenvalue weighted by Gasteiger charge is 2.31. The number of hydrogen-bond donors (Lipinski definition) is 0. The number of aryl methyl sites for hydroxylation is 2. The highest BCUT2D eigenvalue weighted by atomic mass is 19.4. The summed E-state index contributed by atoms with van der Waals surface area (Å²) < 4.78 is 39.3. The van der Waals surface area contributed by atoms with Gasteiger partial charge in [0.15, 0.2) is 0 Å². The van der Waals surface area contributed by atoms with Gasteiger partial charge < -0.3 is 4.74 Å². The van der Waals surface area contributed by atoms with Crippen LogP contribution in [0, 0.1) is 13.8 Å². The van der Waals surface area contributed by atoms with E-state index in [2.05, 4.69) is 4.74 Å². The fraction of sp³-hybridized carbons (Fsp3) is 0.455. The van der Waals surface area contributed by atoms with Gasteiger partial charge in [-0.25, -0.2) is 0 Å². The largest absolute Gasteiger partial charge is 0.573 e. The number of rotatable bonds is 1. The van der Waals surface area contributed by atoms with Crippen molar-refractivity contribution < 1.29 is 17.9 Å². The van der Waals surface area contributed by atoms with E-state index >= 15 is 0 Å². The summed E-state index contributed by atoms with van der Waals surface area (Å²) in [7, 11) is 0. The Morgan fingerprint density at radius 1 is 1.07 bits per heavy atom. The average Bonchev–Trinajstić information content (AvgIpc) is 2.12. The molecule has 1 aromatic carbocycles. The van der Waals surface area contributed by atoms with E-state index < -0.39 is 6.36 Å². The Morgan fingerprint density at radius 3 is 2.07 bits per heavy atom. The van der Waals surface area contributed by atoms with Crippen LogP contribution < -0.4 is 4.74 Å². The van der Waals surface area contributed by atoms with Gasteiger partial charge in [-0.15, -0.1) is 13.2 Å². The molecule has 0 bridgehead atoms. The summed E-state index contributed by atoms with van der Waals surface area (Å²) in [4.78, 5) is 0. The monoisotopic (exact) mass is 220 g/mol. The molecule has 0 aromatic heterocycles. The van der Waals surface area contributed by atoms with Crippen LogP contribution in [0.1, 0.15) is 25.0 Å². The normalized spacial score (nSPS) is 10.3. The second-order valence-electron chi connectivity index (χ2n) is 2.82. The third-order valence-electron chi connectivity index (χ3n) is 1.57. The van der Waals surface area contributed by atoms with Gasteiger partial charge in [0.25, 0.3) is 0 Å². The summed E-state index contributed by atoms with van der Waals surface area (Å²) in [6, 6.07) is 4.69. The highest BCUT2D eigenvalue weighted by molar-refractivity contribution is 5.36. The molecule has 0 saturated heterocycles. The minimum absolute atomic E-state index is 0.132. The van der Waals surface area contributed by atoms with Crippen LogP contribution >= 0.6 is 0 Å². The first-order valence-corrected chi connectivity index (χ1v) is 4.71. The van der Waals surface area contributed by atoms with Gasteiger partial charge in [0.05, 0.1) is 0 Å². The van der Waals surface area contributed by atoms with Crippen LogP contribution in [-0.4, -0.2) is 6.36 Å². The van der Waals surface area contributed by atoms with Gasteiger partial charge in [-0.05, 0) is 31.0 Å². The quantitative estimate of drug-likeness (QED) is 0.688. The molecule has 0 atom stereocenters. The number of ether oxygens (including phenoxy) is 1. The van der Waals surface area contributed by atoms with Crippen LogP contribution in [0.3, 0.4) is 0 Å². The summed E-state index contributed by atoms with van der Waals surface area (Å²) in [6.45, 7) is 7.28. The maximum absolute atomic E-state index is 11.8. The summed E-state index contributed by atoms with van der Waals surface area (Å²) >= 11 is 0. The maximum atomic E-state index is 11.8. The molecule has 0 aliphatic carbocycles. The molecular formula is C11H15F3O. The van der Waals surface area contributed by atoms with Crippen molar-refractivity contribution in [2.75, 3.05) is 0 Å². The van der Waals surface area contributed by atoms with Crippen LogP contribution in [0.25, 0.3) is 0 Å². The molecule has 0 radical (unpaired) electrons. The van der Waals surface area contributed by atoms with Crippen molar-refractivity contribution in [1.82, 2.24) is 0 Å². The van der Waals surface area contributed by atoms with Gasteiger partial charge in [-0.3, -0.25) is 0 Å². The predicted octanol–water partition coefficient (Wildman–Crippen LogP) is 4.23. The second kappa shape index (κ2) is 5.63. The van der Waals surface area contributed by atoms with Gasteiger partial charge >= 0.3 is 6.36 Å². The molecule has 15 heavy (non-hydrogen) atoms. The van der Waals surface area contributed by atoms with Crippen LogP contribution in [0.5, 0.6) is 5.75 Å². The fourth-order valence-electron chi connectivity index (χ4n) is 0.942. The van der Waals surface area contributed by atoms with Crippen LogP contribution in [0.4, 0.5) is 13.2 Å². The van der Waals surface area contributed by atoms with Crippen molar-refractivity contribution >= 4 is 0 Å². The third kappa shape index (κ3) is 5.30. The summed E-state index contributed by atoms with van der Waals surface area (Å²) in [5, 5.41) is 0. The topological polar surface area (TPSA) is 9.23 Å². The van der Waals surface area contributed by atoms with E-state index in [4.69, 9.17) is 0 Å². The number of halogens is 3. The zero-order valence-electron chi connectivity index (χ0n) is 9.27. The molecule has 0 fully saturated rings. The molecule has 0 saturated carbocycles. The van der Waals surface area contributed by atoms with E-state index in [1.54, 1.807) is 26.0 Å². The lowest BCUT2D eigenvalue weighted by atomic mass is 10.1. The van der Waals surface area contributed by atoms with Crippen LogP contribution in [0.15, 0.2) is 18.2 Å². The van der Waals surface area contributed by atoms with Gasteiger partial charge in [0, 0.05) is 0 Å². The molecule has 1 aromatic rings. The lowest BCUT2D eigenvalue weighted by Crippen LogP contribution is -2.17. The Bertz CT molecular complexity index is 305. The molecule has 0 aliphatic rings. The summed E-state index contributed by atoms with van der Waals surface area (Å²) in [5.74, 6) is -0.132. The van der Waals surface area contributed by atoms with Crippen LogP contribution in [0.2, 0.25) is 0 Å². The molecule has 0 spiro atoms. The molecule has 4 heteroatoms. The molecule has 0 heterocycles. The van der Waals surface area contributed by atoms with E-state index in [1.807, 2.05) is 13.8 Å². The maximum Gasteiger partial charge on any atom is 0.573 e. The molecule has 1 rings (SSSR count). The Labute approximate surface area is 87.9 Å². The molecule has 86 valence electrons. The van der Waals surface area contributed by atoms with E-state index in [0.717, 1.165) is 5.56 Å². The Balaban J connectivity index is 0.000000921. The molecule has 0 aliphatic heterocycles. The smallest absolute Gasteiger partial charge is 0.406 e. The van der Waals surface area contributed by atoms with E-state index in [0.29, 0.717) is 5.56 Å². The molecule has 0 unspecified atom stereocenters. The Kier molecular flexibility index (Phi) is 5.19. The SMILES string of the molecule is CC.Cc1ccc(C)c(OC(F)(F)F)c1. The van der Waals surface area contributed by atoms with Crippen molar-refractivity contribution in [3.05, 3.63) is 29.3 Å². The van der Waals surface area contributed by atoms with Gasteiger partial charge in [-0.1, -0.05) is 26.0 Å². The summed E-state index contributed by atoms with van der Waals surface area (Å²) in [5.41, 5.74) is 1.22. The first-order valence-electron chi connectivity index (χ1n) is 4.71.